The number of ketones is 1. The van der Waals surface area contributed by atoms with Crippen molar-refractivity contribution in [2.45, 2.75) is 20.3 Å². The Bertz CT molecular complexity index is 615. The van der Waals surface area contributed by atoms with Gasteiger partial charge in [0, 0.05) is 17.5 Å². The van der Waals surface area contributed by atoms with Crippen molar-refractivity contribution < 1.29 is 13.6 Å². The number of hydrogen-bond donors (Lipinski definition) is 0. The molecule has 0 aliphatic rings. The fraction of sp³-hybridized carbons (Fsp3) is 0.188. The first-order valence-corrected chi connectivity index (χ1v) is 6.12. The summed E-state index contributed by atoms with van der Waals surface area (Å²) in [5.41, 5.74) is 1.63. The molecule has 98 valence electrons. The van der Waals surface area contributed by atoms with Gasteiger partial charge in [0.05, 0.1) is 0 Å². The lowest BCUT2D eigenvalue weighted by atomic mass is 10.00. The molecule has 0 atom stereocenters. The topological polar surface area (TPSA) is 17.1 Å². The summed E-state index contributed by atoms with van der Waals surface area (Å²) in [5, 5.41) is 0. The molecule has 2 aromatic carbocycles. The van der Waals surface area contributed by atoms with Crippen LogP contribution in [0.2, 0.25) is 0 Å². The van der Waals surface area contributed by atoms with E-state index in [1.807, 2.05) is 0 Å². The van der Waals surface area contributed by atoms with E-state index in [2.05, 4.69) is 0 Å². The predicted molar refractivity (Wildman–Crippen MR) is 71.2 cm³/mol. The number of aryl methyl sites for hydroxylation is 1. The molecule has 0 aliphatic heterocycles. The molecule has 0 fully saturated rings. The lowest BCUT2D eigenvalue weighted by Crippen LogP contribution is -1.96. The molecule has 0 saturated heterocycles. The van der Waals surface area contributed by atoms with Crippen molar-refractivity contribution in [3.8, 4) is 11.1 Å². The van der Waals surface area contributed by atoms with E-state index in [1.165, 1.54) is 19.1 Å². The van der Waals surface area contributed by atoms with Crippen LogP contribution in [0, 0.1) is 18.6 Å². The molecule has 0 bridgehead atoms. The van der Waals surface area contributed by atoms with Crippen molar-refractivity contribution in [2.24, 2.45) is 0 Å². The smallest absolute Gasteiger partial charge is 0.162 e. The van der Waals surface area contributed by atoms with Crippen LogP contribution >= 0.6 is 0 Å². The van der Waals surface area contributed by atoms with Crippen LogP contribution in [0.4, 0.5) is 8.78 Å². The molecule has 0 N–H and O–H groups in total. The van der Waals surface area contributed by atoms with Gasteiger partial charge in [-0.25, -0.2) is 8.78 Å². The maximum absolute atomic E-state index is 13.8. The molecule has 0 spiro atoms. The van der Waals surface area contributed by atoms with Crippen LogP contribution in [0.25, 0.3) is 11.1 Å². The average molecular weight is 260 g/mol. The summed E-state index contributed by atoms with van der Waals surface area (Å²) in [4.78, 5) is 11.5. The molecule has 0 aromatic heterocycles. The van der Waals surface area contributed by atoms with E-state index in [9.17, 15) is 13.6 Å². The maximum atomic E-state index is 13.8. The van der Waals surface area contributed by atoms with Gasteiger partial charge in [0.1, 0.15) is 11.6 Å². The molecule has 0 heterocycles. The Morgan fingerprint density at radius 1 is 1.05 bits per heavy atom. The molecular weight excluding hydrogens is 246 g/mol. The van der Waals surface area contributed by atoms with Gasteiger partial charge in [-0.1, -0.05) is 31.2 Å². The van der Waals surface area contributed by atoms with Crippen LogP contribution in [-0.4, -0.2) is 5.78 Å². The largest absolute Gasteiger partial charge is 0.294 e. The standard InChI is InChI=1S/C16H14F2O/c1-3-16(19)12-6-4-11(5-7-12)13-9-14(17)10(2)8-15(13)18/h4-9H,3H2,1-2H3. The van der Waals surface area contributed by atoms with Crippen molar-refractivity contribution in [1.82, 2.24) is 0 Å². The highest BCUT2D eigenvalue weighted by molar-refractivity contribution is 5.96. The zero-order chi connectivity index (χ0) is 14.0. The Balaban J connectivity index is 2.43. The van der Waals surface area contributed by atoms with Gasteiger partial charge < -0.3 is 0 Å². The number of halogens is 2. The molecule has 1 nitrogen and oxygen atoms in total. The van der Waals surface area contributed by atoms with Gasteiger partial charge >= 0.3 is 0 Å². The van der Waals surface area contributed by atoms with Gasteiger partial charge in [0.25, 0.3) is 0 Å². The quantitative estimate of drug-likeness (QED) is 0.741. The SMILES string of the molecule is CCC(=O)c1ccc(-c2cc(F)c(C)cc2F)cc1. The minimum absolute atomic E-state index is 0.0297. The molecule has 0 amide bonds. The zero-order valence-electron chi connectivity index (χ0n) is 10.8. The normalized spacial score (nSPS) is 10.5. The maximum Gasteiger partial charge on any atom is 0.162 e. The first-order valence-electron chi connectivity index (χ1n) is 6.12. The lowest BCUT2D eigenvalue weighted by Gasteiger charge is -2.07. The van der Waals surface area contributed by atoms with Crippen molar-refractivity contribution in [2.75, 3.05) is 0 Å². The summed E-state index contributed by atoms with van der Waals surface area (Å²) < 4.78 is 27.3. The van der Waals surface area contributed by atoms with Crippen LogP contribution in [0.3, 0.4) is 0 Å². The second-order valence-corrected chi connectivity index (χ2v) is 4.44. The Morgan fingerprint density at radius 2 is 1.68 bits per heavy atom. The molecule has 19 heavy (non-hydrogen) atoms. The van der Waals surface area contributed by atoms with E-state index in [1.54, 1.807) is 31.2 Å². The Kier molecular flexibility index (Phi) is 3.74. The molecule has 3 heteroatoms. The predicted octanol–water partition coefficient (Wildman–Crippen LogP) is 4.53. The molecule has 0 saturated carbocycles. The van der Waals surface area contributed by atoms with Gasteiger partial charge in [-0.05, 0) is 30.2 Å². The van der Waals surface area contributed by atoms with Crippen LogP contribution < -0.4 is 0 Å². The second-order valence-electron chi connectivity index (χ2n) is 4.44. The molecule has 2 rings (SSSR count). The Labute approximate surface area is 110 Å². The first-order chi connectivity index (χ1) is 9.02. The molecule has 0 unspecified atom stereocenters. The van der Waals surface area contributed by atoms with E-state index in [-0.39, 0.29) is 16.9 Å². The number of benzene rings is 2. The number of carbonyl (C=O) groups excluding carboxylic acids is 1. The van der Waals surface area contributed by atoms with Crippen LogP contribution in [0.15, 0.2) is 36.4 Å². The average Bonchev–Trinajstić information content (AvgIpc) is 2.42. The van der Waals surface area contributed by atoms with Gasteiger partial charge in [-0.2, -0.15) is 0 Å². The van der Waals surface area contributed by atoms with Gasteiger partial charge in [-0.15, -0.1) is 0 Å². The van der Waals surface area contributed by atoms with Crippen molar-refractivity contribution >= 4 is 5.78 Å². The van der Waals surface area contributed by atoms with Gasteiger partial charge in [-0.3, -0.25) is 4.79 Å². The van der Waals surface area contributed by atoms with Crippen molar-refractivity contribution in [3.63, 3.8) is 0 Å². The van der Waals surface area contributed by atoms with E-state index in [0.29, 0.717) is 17.5 Å². The number of carbonyl (C=O) groups is 1. The number of rotatable bonds is 3. The monoisotopic (exact) mass is 260 g/mol. The highest BCUT2D eigenvalue weighted by Crippen LogP contribution is 2.26. The third kappa shape index (κ3) is 2.70. The van der Waals surface area contributed by atoms with Crippen LogP contribution in [0.1, 0.15) is 29.3 Å². The minimum Gasteiger partial charge on any atom is -0.294 e. The van der Waals surface area contributed by atoms with Gasteiger partial charge in [0.2, 0.25) is 0 Å². The third-order valence-electron chi connectivity index (χ3n) is 3.09. The fourth-order valence-electron chi connectivity index (χ4n) is 1.91. The van der Waals surface area contributed by atoms with Crippen LogP contribution in [-0.2, 0) is 0 Å². The Morgan fingerprint density at radius 3 is 2.26 bits per heavy atom. The highest BCUT2D eigenvalue weighted by Gasteiger charge is 2.10. The number of Topliss-reactive ketones (excluding diaryl/α,β-unsaturated/α-hetero) is 1. The number of hydrogen-bond acceptors (Lipinski definition) is 1. The summed E-state index contributed by atoms with van der Waals surface area (Å²) in [7, 11) is 0. The molecule has 0 aliphatic carbocycles. The molecule has 0 radical (unpaired) electrons. The molecular formula is C16H14F2O. The van der Waals surface area contributed by atoms with E-state index >= 15 is 0 Å². The Hall–Kier alpha value is -2.03. The van der Waals surface area contributed by atoms with Crippen LogP contribution in [0.5, 0.6) is 0 Å². The van der Waals surface area contributed by atoms with Crippen molar-refractivity contribution in [3.05, 3.63) is 59.2 Å². The lowest BCUT2D eigenvalue weighted by molar-refractivity contribution is 0.0988. The highest BCUT2D eigenvalue weighted by atomic mass is 19.1. The fourth-order valence-corrected chi connectivity index (χ4v) is 1.91. The first kappa shape index (κ1) is 13.4. The zero-order valence-corrected chi connectivity index (χ0v) is 10.8. The van der Waals surface area contributed by atoms with E-state index < -0.39 is 11.6 Å². The minimum atomic E-state index is -0.464. The second kappa shape index (κ2) is 5.31. The van der Waals surface area contributed by atoms with Crippen molar-refractivity contribution in [1.29, 1.82) is 0 Å². The summed E-state index contributed by atoms with van der Waals surface area (Å²) in [6, 6.07) is 8.90. The van der Waals surface area contributed by atoms with E-state index in [4.69, 9.17) is 0 Å². The third-order valence-corrected chi connectivity index (χ3v) is 3.09. The summed E-state index contributed by atoms with van der Waals surface area (Å²) in [6.45, 7) is 3.30. The molecule has 2 aromatic rings. The summed E-state index contributed by atoms with van der Waals surface area (Å²) in [6.07, 6.45) is 0.423. The van der Waals surface area contributed by atoms with Gasteiger partial charge in [0.15, 0.2) is 5.78 Å². The summed E-state index contributed by atoms with van der Waals surface area (Å²) in [5.74, 6) is -0.874. The summed E-state index contributed by atoms with van der Waals surface area (Å²) >= 11 is 0. The van der Waals surface area contributed by atoms with E-state index in [0.717, 1.165) is 0 Å².